The van der Waals surface area contributed by atoms with Gasteiger partial charge in [-0.05, 0) is 65.2 Å². The quantitative estimate of drug-likeness (QED) is 0.305. The van der Waals surface area contributed by atoms with E-state index >= 15 is 0 Å². The number of phenolic OH excluding ortho intramolecular Hbond substituents is 1. The molecule has 0 saturated heterocycles. The third-order valence-corrected chi connectivity index (χ3v) is 5.48. The Kier molecular flexibility index (Phi) is 6.87. The molecule has 4 nitrogen and oxygen atoms in total. The number of amides is 1. The van der Waals surface area contributed by atoms with Crippen molar-refractivity contribution >= 4 is 27.5 Å². The fourth-order valence-electron chi connectivity index (χ4n) is 3.31. The van der Waals surface area contributed by atoms with Crippen LogP contribution in [0.4, 0.5) is 5.69 Å². The van der Waals surface area contributed by atoms with Crippen LogP contribution in [0.3, 0.4) is 0 Å². The molecule has 0 radical (unpaired) electrons. The zero-order valence-corrected chi connectivity index (χ0v) is 18.9. The number of phenols is 1. The van der Waals surface area contributed by atoms with E-state index < -0.39 is 0 Å². The Hall–Kier alpha value is -3.57. The molecule has 160 valence electrons. The Labute approximate surface area is 195 Å². The van der Waals surface area contributed by atoms with E-state index in [4.69, 9.17) is 4.74 Å². The molecule has 4 aromatic carbocycles. The molecule has 0 saturated carbocycles. The molecular weight excluding hydrogens is 466 g/mol. The van der Waals surface area contributed by atoms with Gasteiger partial charge in [-0.25, -0.2) is 0 Å². The summed E-state index contributed by atoms with van der Waals surface area (Å²) < 4.78 is 6.92. The summed E-state index contributed by atoms with van der Waals surface area (Å²) in [6, 6.07) is 29.9. The predicted octanol–water partition coefficient (Wildman–Crippen LogP) is 6.70. The summed E-state index contributed by atoms with van der Waals surface area (Å²) in [5, 5.41) is 12.3. The standard InChI is InChI=1S/C27H22BrNO3/c28-23-4-1-3-19(17-23)15-16-32-26-6-2-5-24(18-26)29-27(31)22-9-7-20(8-10-22)21-11-13-25(30)14-12-21/h1-14,17-18,30H,15-16H2,(H,29,31). The Balaban J connectivity index is 1.35. The van der Waals surface area contributed by atoms with Gasteiger partial charge >= 0.3 is 0 Å². The van der Waals surface area contributed by atoms with Crippen molar-refractivity contribution in [3.05, 3.63) is 113 Å². The average molecular weight is 488 g/mol. The van der Waals surface area contributed by atoms with Crippen LogP contribution in [-0.2, 0) is 6.42 Å². The van der Waals surface area contributed by atoms with Gasteiger partial charge in [0, 0.05) is 28.2 Å². The Bertz CT molecular complexity index is 1200. The molecular formula is C27H22BrNO3. The van der Waals surface area contributed by atoms with Crippen LogP contribution in [0.2, 0.25) is 0 Å². The zero-order valence-electron chi connectivity index (χ0n) is 17.3. The highest BCUT2D eigenvalue weighted by Crippen LogP contribution is 2.23. The van der Waals surface area contributed by atoms with Crippen LogP contribution in [0.1, 0.15) is 15.9 Å². The molecule has 0 spiro atoms. The first-order chi connectivity index (χ1) is 15.6. The molecule has 0 aliphatic heterocycles. The van der Waals surface area contributed by atoms with Crippen LogP contribution >= 0.6 is 15.9 Å². The molecule has 2 N–H and O–H groups in total. The van der Waals surface area contributed by atoms with Gasteiger partial charge in [0.1, 0.15) is 11.5 Å². The number of ether oxygens (including phenoxy) is 1. The number of rotatable bonds is 7. The summed E-state index contributed by atoms with van der Waals surface area (Å²) in [4.78, 5) is 12.7. The number of nitrogens with one attached hydrogen (secondary N) is 1. The second-order valence-corrected chi connectivity index (χ2v) is 8.25. The highest BCUT2D eigenvalue weighted by atomic mass is 79.9. The van der Waals surface area contributed by atoms with Crippen LogP contribution in [0.15, 0.2) is 102 Å². The summed E-state index contributed by atoms with van der Waals surface area (Å²) in [6.07, 6.45) is 0.795. The van der Waals surface area contributed by atoms with Gasteiger partial charge in [-0.3, -0.25) is 4.79 Å². The number of carbonyl (C=O) groups is 1. The summed E-state index contributed by atoms with van der Waals surface area (Å²) in [5.41, 5.74) is 4.38. The van der Waals surface area contributed by atoms with Gasteiger partial charge in [-0.15, -0.1) is 0 Å². The van der Waals surface area contributed by atoms with Crippen LogP contribution in [0.5, 0.6) is 11.5 Å². The van der Waals surface area contributed by atoms with E-state index in [2.05, 4.69) is 33.4 Å². The maximum absolute atomic E-state index is 12.7. The van der Waals surface area contributed by atoms with Crippen molar-refractivity contribution < 1.29 is 14.6 Å². The Morgan fingerprint density at radius 2 is 1.53 bits per heavy atom. The van der Waals surface area contributed by atoms with E-state index in [0.717, 1.165) is 22.0 Å². The van der Waals surface area contributed by atoms with Crippen LogP contribution < -0.4 is 10.1 Å². The van der Waals surface area contributed by atoms with Crippen molar-refractivity contribution in [2.24, 2.45) is 0 Å². The van der Waals surface area contributed by atoms with Crippen LogP contribution in [0, 0.1) is 0 Å². The molecule has 0 heterocycles. The van der Waals surface area contributed by atoms with Crippen LogP contribution in [0.25, 0.3) is 11.1 Å². The summed E-state index contributed by atoms with van der Waals surface area (Å²) in [7, 11) is 0. The number of benzene rings is 4. The van der Waals surface area contributed by atoms with E-state index in [1.54, 1.807) is 24.3 Å². The minimum Gasteiger partial charge on any atom is -0.508 e. The number of halogens is 1. The first-order valence-corrected chi connectivity index (χ1v) is 11.0. The zero-order chi connectivity index (χ0) is 22.3. The van der Waals surface area contributed by atoms with E-state index in [1.165, 1.54) is 5.56 Å². The Morgan fingerprint density at radius 1 is 0.844 bits per heavy atom. The molecule has 0 aliphatic rings. The Morgan fingerprint density at radius 3 is 2.25 bits per heavy atom. The number of anilines is 1. The lowest BCUT2D eigenvalue weighted by molar-refractivity contribution is 0.102. The predicted molar refractivity (Wildman–Crippen MR) is 131 cm³/mol. The van der Waals surface area contributed by atoms with Gasteiger partial charge in [0.05, 0.1) is 6.61 Å². The number of hydrogen-bond donors (Lipinski definition) is 2. The van der Waals surface area contributed by atoms with Gasteiger partial charge < -0.3 is 15.2 Å². The molecule has 0 aromatic heterocycles. The maximum atomic E-state index is 12.7. The molecule has 0 atom stereocenters. The van der Waals surface area contributed by atoms with Gasteiger partial charge in [0.2, 0.25) is 0 Å². The molecule has 5 heteroatoms. The normalized spacial score (nSPS) is 10.5. The second kappa shape index (κ2) is 10.2. The minimum absolute atomic E-state index is 0.187. The molecule has 4 aromatic rings. The summed E-state index contributed by atoms with van der Waals surface area (Å²) >= 11 is 3.48. The number of aromatic hydroxyl groups is 1. The molecule has 0 bridgehead atoms. The lowest BCUT2D eigenvalue weighted by Crippen LogP contribution is -2.11. The molecule has 32 heavy (non-hydrogen) atoms. The SMILES string of the molecule is O=C(Nc1cccc(OCCc2cccc(Br)c2)c1)c1ccc(-c2ccc(O)cc2)cc1. The van der Waals surface area contributed by atoms with Crippen molar-refractivity contribution in [1.29, 1.82) is 0 Å². The van der Waals surface area contributed by atoms with Crippen molar-refractivity contribution in [3.63, 3.8) is 0 Å². The van der Waals surface area contributed by atoms with Crippen molar-refractivity contribution in [2.75, 3.05) is 11.9 Å². The monoisotopic (exact) mass is 487 g/mol. The van der Waals surface area contributed by atoms with Gasteiger partial charge in [-0.1, -0.05) is 58.4 Å². The van der Waals surface area contributed by atoms with E-state index in [0.29, 0.717) is 23.6 Å². The number of hydrogen-bond acceptors (Lipinski definition) is 3. The molecule has 0 aliphatic carbocycles. The summed E-state index contributed by atoms with van der Waals surface area (Å²) in [6.45, 7) is 0.548. The molecule has 0 fully saturated rings. The highest BCUT2D eigenvalue weighted by Gasteiger charge is 2.08. The second-order valence-electron chi connectivity index (χ2n) is 7.33. The van der Waals surface area contributed by atoms with Crippen molar-refractivity contribution in [3.8, 4) is 22.6 Å². The lowest BCUT2D eigenvalue weighted by atomic mass is 10.0. The van der Waals surface area contributed by atoms with Gasteiger partial charge in [0.25, 0.3) is 5.91 Å². The first-order valence-electron chi connectivity index (χ1n) is 10.2. The highest BCUT2D eigenvalue weighted by molar-refractivity contribution is 9.10. The molecule has 4 rings (SSSR count). The minimum atomic E-state index is -0.187. The van der Waals surface area contributed by atoms with E-state index in [-0.39, 0.29) is 11.7 Å². The largest absolute Gasteiger partial charge is 0.508 e. The average Bonchev–Trinajstić information content (AvgIpc) is 2.80. The maximum Gasteiger partial charge on any atom is 0.255 e. The van der Waals surface area contributed by atoms with E-state index in [9.17, 15) is 9.90 Å². The van der Waals surface area contributed by atoms with Crippen LogP contribution in [-0.4, -0.2) is 17.6 Å². The first kappa shape index (κ1) is 21.7. The van der Waals surface area contributed by atoms with E-state index in [1.807, 2.05) is 60.7 Å². The molecule has 1 amide bonds. The molecule has 0 unspecified atom stereocenters. The summed E-state index contributed by atoms with van der Waals surface area (Å²) in [5.74, 6) is 0.748. The number of carbonyl (C=O) groups excluding carboxylic acids is 1. The fourth-order valence-corrected chi connectivity index (χ4v) is 3.76. The van der Waals surface area contributed by atoms with Crippen molar-refractivity contribution in [2.45, 2.75) is 6.42 Å². The lowest BCUT2D eigenvalue weighted by Gasteiger charge is -2.10. The van der Waals surface area contributed by atoms with Gasteiger partial charge in [-0.2, -0.15) is 0 Å². The van der Waals surface area contributed by atoms with Gasteiger partial charge in [0.15, 0.2) is 0 Å². The fraction of sp³-hybridized carbons (Fsp3) is 0.0741. The topological polar surface area (TPSA) is 58.6 Å². The smallest absolute Gasteiger partial charge is 0.255 e. The third kappa shape index (κ3) is 5.77. The third-order valence-electron chi connectivity index (χ3n) is 4.99. The van der Waals surface area contributed by atoms with Crippen molar-refractivity contribution in [1.82, 2.24) is 0 Å².